The smallest absolute Gasteiger partial charge is 0.353 e. The lowest BCUT2D eigenvalue weighted by Gasteiger charge is -2.11. The molecule has 1 saturated carbocycles. The van der Waals surface area contributed by atoms with Crippen LogP contribution in [0.3, 0.4) is 0 Å². The summed E-state index contributed by atoms with van der Waals surface area (Å²) in [5.74, 6) is 0.310. The highest BCUT2D eigenvalue weighted by Gasteiger charge is 2.30. The molecule has 2 rings (SSSR count). The molecule has 1 aromatic heterocycles. The second-order valence-electron chi connectivity index (χ2n) is 3.41. The van der Waals surface area contributed by atoms with Gasteiger partial charge in [0, 0.05) is 18.4 Å². The minimum atomic E-state index is -4.19. The van der Waals surface area contributed by atoms with Gasteiger partial charge in [0.05, 0.1) is 0 Å². The van der Waals surface area contributed by atoms with Crippen molar-refractivity contribution in [2.45, 2.75) is 31.6 Å². The van der Waals surface area contributed by atoms with Crippen LogP contribution in [0.2, 0.25) is 0 Å². The molecule has 0 unspecified atom stereocenters. The number of halogens is 3. The molecular weight excluding hydrogens is 195 g/mol. The molecule has 1 aliphatic carbocycles. The summed E-state index contributed by atoms with van der Waals surface area (Å²) in [7, 11) is 0. The molecule has 0 bridgehead atoms. The molecule has 1 fully saturated rings. The normalized spacial score (nSPS) is 17.1. The van der Waals surface area contributed by atoms with Crippen LogP contribution in [-0.4, -0.2) is 21.8 Å². The van der Waals surface area contributed by atoms with Gasteiger partial charge in [-0.25, -0.2) is 4.98 Å². The van der Waals surface area contributed by atoms with Crippen molar-refractivity contribution in [2.75, 3.05) is 5.32 Å². The van der Waals surface area contributed by atoms with E-state index in [1.54, 1.807) is 0 Å². The summed E-state index contributed by atoms with van der Waals surface area (Å²) in [6, 6.07) is 0.310. The maximum absolute atomic E-state index is 12.1. The molecular formula is C8H10F3N3. The summed E-state index contributed by atoms with van der Waals surface area (Å²) in [6.07, 6.45) is 0.535. The van der Waals surface area contributed by atoms with Gasteiger partial charge in [-0.1, -0.05) is 0 Å². The van der Waals surface area contributed by atoms with Gasteiger partial charge >= 0.3 is 6.18 Å². The van der Waals surface area contributed by atoms with Gasteiger partial charge in [0.1, 0.15) is 6.54 Å². The number of nitrogens with one attached hydrogen (secondary N) is 1. The van der Waals surface area contributed by atoms with E-state index in [2.05, 4.69) is 10.3 Å². The van der Waals surface area contributed by atoms with E-state index in [9.17, 15) is 13.2 Å². The van der Waals surface area contributed by atoms with Crippen molar-refractivity contribution >= 4 is 5.95 Å². The van der Waals surface area contributed by atoms with Crippen molar-refractivity contribution < 1.29 is 13.2 Å². The van der Waals surface area contributed by atoms with Crippen LogP contribution in [0.4, 0.5) is 19.1 Å². The third-order valence-electron chi connectivity index (χ3n) is 1.98. The van der Waals surface area contributed by atoms with E-state index in [1.165, 1.54) is 12.4 Å². The van der Waals surface area contributed by atoms with Crippen LogP contribution >= 0.6 is 0 Å². The van der Waals surface area contributed by atoms with Gasteiger partial charge in [-0.15, -0.1) is 0 Å². The van der Waals surface area contributed by atoms with Gasteiger partial charge in [0.15, 0.2) is 0 Å². The highest BCUT2D eigenvalue weighted by atomic mass is 19.4. The third kappa shape index (κ3) is 2.40. The number of anilines is 1. The fourth-order valence-electron chi connectivity index (χ4n) is 1.18. The average molecular weight is 205 g/mol. The fraction of sp³-hybridized carbons (Fsp3) is 0.625. The van der Waals surface area contributed by atoms with Crippen molar-refractivity contribution in [3.63, 3.8) is 0 Å². The first-order chi connectivity index (χ1) is 6.54. The minimum Gasteiger partial charge on any atom is -0.353 e. The highest BCUT2D eigenvalue weighted by molar-refractivity contribution is 5.29. The molecule has 0 aliphatic heterocycles. The second kappa shape index (κ2) is 3.18. The largest absolute Gasteiger partial charge is 0.406 e. The maximum atomic E-state index is 12.1. The quantitative estimate of drug-likeness (QED) is 0.818. The van der Waals surface area contributed by atoms with Crippen LogP contribution in [0, 0.1) is 0 Å². The number of aromatic nitrogens is 2. The van der Waals surface area contributed by atoms with E-state index in [4.69, 9.17) is 0 Å². The number of hydrogen-bond acceptors (Lipinski definition) is 2. The Morgan fingerprint density at radius 3 is 2.79 bits per heavy atom. The van der Waals surface area contributed by atoms with Gasteiger partial charge < -0.3 is 9.88 Å². The van der Waals surface area contributed by atoms with E-state index >= 15 is 0 Å². The first-order valence-electron chi connectivity index (χ1n) is 4.39. The van der Waals surface area contributed by atoms with Crippen molar-refractivity contribution in [2.24, 2.45) is 0 Å². The van der Waals surface area contributed by atoms with Gasteiger partial charge in [-0.3, -0.25) is 0 Å². The Hall–Kier alpha value is -1.20. The fourth-order valence-corrected chi connectivity index (χ4v) is 1.18. The van der Waals surface area contributed by atoms with Gasteiger partial charge in [0.2, 0.25) is 5.95 Å². The summed E-state index contributed by atoms with van der Waals surface area (Å²) in [6.45, 7) is -0.984. The van der Waals surface area contributed by atoms with Crippen molar-refractivity contribution in [1.29, 1.82) is 0 Å². The summed E-state index contributed by atoms with van der Waals surface area (Å²) in [4.78, 5) is 3.83. The molecule has 1 N–H and O–H groups in total. The van der Waals surface area contributed by atoms with E-state index < -0.39 is 12.7 Å². The van der Waals surface area contributed by atoms with E-state index in [1.807, 2.05) is 0 Å². The van der Waals surface area contributed by atoms with Crippen molar-refractivity contribution in [3.05, 3.63) is 12.4 Å². The van der Waals surface area contributed by atoms with Crippen LogP contribution in [0.1, 0.15) is 12.8 Å². The molecule has 1 aromatic rings. The zero-order chi connectivity index (χ0) is 10.2. The first kappa shape index (κ1) is 9.36. The molecule has 78 valence electrons. The van der Waals surface area contributed by atoms with Crippen LogP contribution in [0.5, 0.6) is 0 Å². The number of hydrogen-bond donors (Lipinski definition) is 1. The summed E-state index contributed by atoms with van der Waals surface area (Å²) >= 11 is 0. The van der Waals surface area contributed by atoms with Gasteiger partial charge in [0.25, 0.3) is 0 Å². The van der Waals surface area contributed by atoms with E-state index in [0.29, 0.717) is 12.0 Å². The Labute approximate surface area is 78.9 Å². The zero-order valence-corrected chi connectivity index (χ0v) is 7.38. The number of nitrogens with zero attached hydrogens (tertiary/aromatic N) is 2. The molecule has 0 saturated heterocycles. The van der Waals surface area contributed by atoms with Gasteiger partial charge in [-0.05, 0) is 12.8 Å². The predicted molar refractivity (Wildman–Crippen MR) is 44.9 cm³/mol. The zero-order valence-electron chi connectivity index (χ0n) is 7.38. The lowest BCUT2D eigenvalue weighted by atomic mass is 10.6. The third-order valence-corrected chi connectivity index (χ3v) is 1.98. The Kier molecular flexibility index (Phi) is 2.13. The molecule has 0 radical (unpaired) electrons. The standard InChI is InChI=1S/C8H10F3N3/c9-8(10,11)5-14-4-3-12-7(14)13-6-1-2-6/h3-4,6H,1-2,5H2,(H,12,13). The van der Waals surface area contributed by atoms with Gasteiger partial charge in [-0.2, -0.15) is 13.2 Å². The Bertz CT molecular complexity index is 314. The van der Waals surface area contributed by atoms with Crippen LogP contribution < -0.4 is 5.32 Å². The second-order valence-corrected chi connectivity index (χ2v) is 3.41. The number of rotatable bonds is 3. The minimum absolute atomic E-state index is 0.310. The molecule has 6 heteroatoms. The first-order valence-corrected chi connectivity index (χ1v) is 4.39. The lowest BCUT2D eigenvalue weighted by Crippen LogP contribution is -2.19. The maximum Gasteiger partial charge on any atom is 0.406 e. The van der Waals surface area contributed by atoms with Crippen LogP contribution in [-0.2, 0) is 6.54 Å². The molecule has 1 aliphatic rings. The molecule has 0 spiro atoms. The Morgan fingerprint density at radius 2 is 2.21 bits per heavy atom. The topological polar surface area (TPSA) is 29.9 Å². The van der Waals surface area contributed by atoms with Crippen molar-refractivity contribution in [3.8, 4) is 0 Å². The number of alkyl halides is 3. The monoisotopic (exact) mass is 205 g/mol. The average Bonchev–Trinajstić information content (AvgIpc) is 2.74. The molecule has 0 amide bonds. The molecule has 1 heterocycles. The SMILES string of the molecule is FC(F)(F)Cn1ccnc1NC1CC1. The van der Waals surface area contributed by atoms with Crippen LogP contribution in [0.25, 0.3) is 0 Å². The highest BCUT2D eigenvalue weighted by Crippen LogP contribution is 2.25. The van der Waals surface area contributed by atoms with Crippen LogP contribution in [0.15, 0.2) is 12.4 Å². The summed E-state index contributed by atoms with van der Waals surface area (Å²) in [5.41, 5.74) is 0. The molecule has 14 heavy (non-hydrogen) atoms. The summed E-state index contributed by atoms with van der Waals surface area (Å²) in [5, 5.41) is 2.94. The summed E-state index contributed by atoms with van der Waals surface area (Å²) < 4.78 is 37.3. The molecule has 3 nitrogen and oxygen atoms in total. The molecule has 0 atom stereocenters. The van der Waals surface area contributed by atoms with E-state index in [0.717, 1.165) is 17.4 Å². The van der Waals surface area contributed by atoms with E-state index in [-0.39, 0.29) is 0 Å². The Morgan fingerprint density at radius 1 is 1.50 bits per heavy atom. The Balaban J connectivity index is 2.04. The molecule has 0 aromatic carbocycles. The predicted octanol–water partition coefficient (Wildman–Crippen LogP) is 2.02. The van der Waals surface area contributed by atoms with Crippen molar-refractivity contribution in [1.82, 2.24) is 9.55 Å². The number of imidazole rings is 1. The lowest BCUT2D eigenvalue weighted by molar-refractivity contribution is -0.140.